The van der Waals surface area contributed by atoms with Gasteiger partial charge in [0.15, 0.2) is 0 Å². The van der Waals surface area contributed by atoms with Crippen LogP contribution < -0.4 is 5.73 Å². The fraction of sp³-hybridized carbons (Fsp3) is 0.667. The molecule has 3 N–H and O–H groups in total. The number of aliphatic carboxylic acids is 1. The zero-order chi connectivity index (χ0) is 5.86. The van der Waals surface area contributed by atoms with Crippen LogP contribution in [-0.2, 0) is 27.2 Å². The van der Waals surface area contributed by atoms with Crippen LogP contribution in [0.25, 0.3) is 0 Å². The molecule has 0 rings (SSSR count). The van der Waals surface area contributed by atoms with Crippen molar-refractivity contribution in [2.24, 2.45) is 5.73 Å². The number of thiol groups is 1. The first-order valence-corrected chi connectivity index (χ1v) is 2.41. The molecule has 0 radical (unpaired) electrons. The SMILES string of the molecule is NC(CS)C(=O)O.[Au+]. The summed E-state index contributed by atoms with van der Waals surface area (Å²) < 4.78 is 0. The summed E-state index contributed by atoms with van der Waals surface area (Å²) in [6, 6.07) is -0.816. The van der Waals surface area contributed by atoms with Crippen molar-refractivity contribution in [2.45, 2.75) is 6.04 Å². The Kier molecular flexibility index (Phi) is 8.01. The molecule has 0 saturated heterocycles. The predicted molar refractivity (Wildman–Crippen MR) is 29.5 cm³/mol. The fourth-order valence-corrected chi connectivity index (χ4v) is 0.234. The van der Waals surface area contributed by atoms with Crippen molar-refractivity contribution in [1.29, 1.82) is 0 Å². The van der Waals surface area contributed by atoms with Crippen LogP contribution in [0.2, 0.25) is 0 Å². The Morgan fingerprint density at radius 3 is 2.25 bits per heavy atom. The third-order valence-corrected chi connectivity index (χ3v) is 0.907. The second-order valence-electron chi connectivity index (χ2n) is 1.13. The van der Waals surface area contributed by atoms with Crippen molar-refractivity contribution in [3.63, 3.8) is 0 Å². The van der Waals surface area contributed by atoms with Gasteiger partial charge in [0, 0.05) is 5.75 Å². The molecule has 0 fully saturated rings. The smallest absolute Gasteiger partial charge is 0.480 e. The molecule has 0 heterocycles. The van der Waals surface area contributed by atoms with E-state index in [4.69, 9.17) is 10.8 Å². The number of rotatable bonds is 2. The van der Waals surface area contributed by atoms with E-state index in [-0.39, 0.29) is 28.1 Å². The van der Waals surface area contributed by atoms with Crippen LogP contribution >= 0.6 is 12.6 Å². The minimum atomic E-state index is -1.00. The molecule has 0 saturated carbocycles. The van der Waals surface area contributed by atoms with Gasteiger partial charge < -0.3 is 10.8 Å². The molecule has 0 amide bonds. The molecule has 0 bridgehead atoms. The summed E-state index contributed by atoms with van der Waals surface area (Å²) in [5.74, 6) is -0.815. The quantitative estimate of drug-likeness (QED) is 0.467. The summed E-state index contributed by atoms with van der Waals surface area (Å²) in [6.45, 7) is 0. The maximum atomic E-state index is 9.76. The predicted octanol–water partition coefficient (Wildman–Crippen LogP) is -0.674. The van der Waals surface area contributed by atoms with E-state index in [0.29, 0.717) is 0 Å². The Bertz CT molecular complexity index is 79.7. The van der Waals surface area contributed by atoms with Crippen molar-refractivity contribution in [1.82, 2.24) is 0 Å². The van der Waals surface area contributed by atoms with E-state index >= 15 is 0 Å². The fourth-order valence-electron chi connectivity index (χ4n) is 0.0781. The van der Waals surface area contributed by atoms with Gasteiger partial charge in [0.25, 0.3) is 0 Å². The largest absolute Gasteiger partial charge is 1.00 e. The normalized spacial score (nSPS) is 11.8. The number of hydrogen-bond acceptors (Lipinski definition) is 3. The van der Waals surface area contributed by atoms with Crippen LogP contribution in [0.15, 0.2) is 0 Å². The molecule has 0 spiro atoms. The van der Waals surface area contributed by atoms with E-state index in [1.165, 1.54) is 0 Å². The first-order valence-electron chi connectivity index (χ1n) is 1.77. The van der Waals surface area contributed by atoms with Crippen LogP contribution in [0.1, 0.15) is 0 Å². The van der Waals surface area contributed by atoms with Crippen LogP contribution in [0.4, 0.5) is 0 Å². The standard InChI is InChI=1S/C3H7NO2S.Au/c4-2(1-7)3(5)6;/h2,7H,1,4H2,(H,5,6);/q;+1. The monoisotopic (exact) mass is 318 g/mol. The molecule has 0 aliphatic carbocycles. The summed E-state index contributed by atoms with van der Waals surface area (Å²) >= 11 is 3.65. The van der Waals surface area contributed by atoms with Gasteiger partial charge in [0.1, 0.15) is 6.04 Å². The Labute approximate surface area is 68.6 Å². The van der Waals surface area contributed by atoms with Crippen LogP contribution in [0.3, 0.4) is 0 Å². The molecule has 1 atom stereocenters. The zero-order valence-electron chi connectivity index (χ0n) is 3.97. The summed E-state index contributed by atoms with van der Waals surface area (Å²) in [5, 5.41) is 8.01. The Balaban J connectivity index is 0. The van der Waals surface area contributed by atoms with Crippen molar-refractivity contribution < 1.29 is 32.3 Å². The molecule has 0 aromatic carbocycles. The van der Waals surface area contributed by atoms with Crippen molar-refractivity contribution in [3.8, 4) is 0 Å². The molecular weight excluding hydrogens is 311 g/mol. The van der Waals surface area contributed by atoms with Crippen LogP contribution in [-0.4, -0.2) is 22.9 Å². The molecule has 0 aromatic rings. The molecule has 1 unspecified atom stereocenters. The average molecular weight is 318 g/mol. The van der Waals surface area contributed by atoms with Gasteiger partial charge in [-0.1, -0.05) is 0 Å². The van der Waals surface area contributed by atoms with Gasteiger partial charge in [-0.25, -0.2) is 0 Å². The third kappa shape index (κ3) is 4.67. The Morgan fingerprint density at radius 1 is 1.88 bits per heavy atom. The van der Waals surface area contributed by atoms with E-state index in [1.54, 1.807) is 0 Å². The topological polar surface area (TPSA) is 63.3 Å². The number of carboxylic acids is 1. The van der Waals surface area contributed by atoms with E-state index < -0.39 is 12.0 Å². The zero-order valence-corrected chi connectivity index (χ0v) is 7.03. The Morgan fingerprint density at radius 2 is 2.25 bits per heavy atom. The molecule has 0 aromatic heterocycles. The third-order valence-electron chi connectivity index (χ3n) is 0.514. The summed E-state index contributed by atoms with van der Waals surface area (Å²) in [5.41, 5.74) is 4.94. The van der Waals surface area contributed by atoms with Gasteiger partial charge in [-0.3, -0.25) is 4.79 Å². The number of carboxylic acid groups (broad SMARTS) is 1. The molecule has 52 valence electrons. The van der Waals surface area contributed by atoms with Gasteiger partial charge in [-0.2, -0.15) is 12.6 Å². The van der Waals surface area contributed by atoms with Crippen LogP contribution in [0, 0.1) is 0 Å². The van der Waals surface area contributed by atoms with E-state index in [9.17, 15) is 4.79 Å². The van der Waals surface area contributed by atoms with E-state index in [1.807, 2.05) is 0 Å². The van der Waals surface area contributed by atoms with Gasteiger partial charge >= 0.3 is 28.3 Å². The number of hydrogen-bond donors (Lipinski definition) is 3. The van der Waals surface area contributed by atoms with Crippen molar-refractivity contribution >= 4 is 18.6 Å². The summed E-state index contributed by atoms with van der Waals surface area (Å²) in [7, 11) is 0. The van der Waals surface area contributed by atoms with Crippen LogP contribution in [0.5, 0.6) is 0 Å². The maximum absolute atomic E-state index is 9.76. The van der Waals surface area contributed by atoms with Gasteiger partial charge in [0.2, 0.25) is 0 Å². The number of carbonyl (C=O) groups is 1. The first-order chi connectivity index (χ1) is 3.18. The molecule has 0 aliphatic rings. The molecule has 3 nitrogen and oxygen atoms in total. The second kappa shape index (κ2) is 5.65. The van der Waals surface area contributed by atoms with Gasteiger partial charge in [-0.15, -0.1) is 0 Å². The second-order valence-corrected chi connectivity index (χ2v) is 1.49. The average Bonchev–Trinajstić information content (AvgIpc) is 1.65. The molecule has 5 heteroatoms. The van der Waals surface area contributed by atoms with E-state index in [2.05, 4.69) is 12.6 Å². The van der Waals surface area contributed by atoms with Crippen molar-refractivity contribution in [2.75, 3.05) is 5.75 Å². The molecule has 8 heavy (non-hydrogen) atoms. The first kappa shape index (κ1) is 11.3. The Hall–Kier alpha value is 0.520. The van der Waals surface area contributed by atoms with Gasteiger partial charge in [-0.05, 0) is 0 Å². The molecule has 0 aliphatic heterocycles. The minimum Gasteiger partial charge on any atom is -0.480 e. The molecular formula is C3H7AuNO2S+. The summed E-state index contributed by atoms with van der Waals surface area (Å²) in [4.78, 5) is 9.76. The maximum Gasteiger partial charge on any atom is 1.00 e. The van der Waals surface area contributed by atoms with Crippen molar-refractivity contribution in [3.05, 3.63) is 0 Å². The van der Waals surface area contributed by atoms with Gasteiger partial charge in [0.05, 0.1) is 0 Å². The number of nitrogens with two attached hydrogens (primary N) is 1. The minimum absolute atomic E-state index is 0. The summed E-state index contributed by atoms with van der Waals surface area (Å²) in [6.07, 6.45) is 0. The van der Waals surface area contributed by atoms with E-state index in [0.717, 1.165) is 0 Å².